The molecule has 50 heteroatoms. The number of nitrogens with one attached hydrogen (secondary N) is 4. The molecule has 0 saturated carbocycles. The van der Waals surface area contributed by atoms with Gasteiger partial charge in [0.15, 0.2) is 56.6 Å². The lowest BCUT2D eigenvalue weighted by molar-refractivity contribution is -0.399. The zero-order valence-electron chi connectivity index (χ0n) is 60.1. The summed E-state index contributed by atoms with van der Waals surface area (Å²) >= 11 is 0. The predicted molar refractivity (Wildman–Crippen MR) is 343 cm³/mol. The topological polar surface area (TPSA) is 779 Å². The predicted octanol–water partition coefficient (Wildman–Crippen LogP) is -20.1. The van der Waals surface area contributed by atoms with Crippen LogP contribution in [-0.4, -0.2) is 487 Å². The Balaban J connectivity index is 1.05. The summed E-state index contributed by atoms with van der Waals surface area (Å²) in [6, 6.07) is -7.42. The second kappa shape index (κ2) is 40.3. The Morgan fingerprint density at radius 2 is 0.482 bits per heavy atom. The van der Waals surface area contributed by atoms with Gasteiger partial charge in [-0.25, -0.2) is 0 Å². The van der Waals surface area contributed by atoms with Crippen LogP contribution in [0.3, 0.4) is 0 Å². The Hall–Kier alpha value is -3.80. The highest BCUT2D eigenvalue weighted by molar-refractivity contribution is 5.74. The van der Waals surface area contributed by atoms with E-state index in [0.717, 1.165) is 27.7 Å². The van der Waals surface area contributed by atoms with Crippen LogP contribution in [0.2, 0.25) is 0 Å². The number of carbonyl (C=O) groups excluding carboxylic acids is 4. The van der Waals surface area contributed by atoms with E-state index in [1.54, 1.807) is 0 Å². The summed E-state index contributed by atoms with van der Waals surface area (Å²) < 4.78 is 101. The summed E-state index contributed by atoms with van der Waals surface area (Å²) in [5, 5.41) is 286. The molecule has 9 aliphatic rings. The molecule has 112 heavy (non-hydrogen) atoms. The van der Waals surface area contributed by atoms with Crippen molar-refractivity contribution in [3.05, 3.63) is 0 Å². The molecule has 0 aromatic rings. The molecule has 0 bridgehead atoms. The molecular formula is C62H104N4O46. The molecule has 648 valence electrons. The molecule has 0 radical (unpaired) electrons. The van der Waals surface area contributed by atoms with Crippen LogP contribution < -0.4 is 21.3 Å². The Labute approximate surface area is 634 Å². The lowest BCUT2D eigenvalue weighted by Gasteiger charge is -2.51. The van der Waals surface area contributed by atoms with Crippen molar-refractivity contribution in [2.75, 3.05) is 59.5 Å². The monoisotopic (exact) mass is 1640 g/mol. The fraction of sp³-hybridized carbons (Fsp3) is 0.935. The minimum Gasteiger partial charge on any atom is -0.394 e. The number of aliphatic hydroxyl groups is 25. The van der Waals surface area contributed by atoms with Crippen molar-refractivity contribution in [3.8, 4) is 0 Å². The molecule has 0 unspecified atom stereocenters. The lowest BCUT2D eigenvalue weighted by atomic mass is 9.93. The van der Waals surface area contributed by atoms with Crippen molar-refractivity contribution in [1.82, 2.24) is 21.3 Å². The zero-order chi connectivity index (χ0) is 82.5. The molecule has 9 saturated heterocycles. The minimum absolute atomic E-state index is 0.788. The van der Waals surface area contributed by atoms with Crippen LogP contribution in [0.25, 0.3) is 0 Å². The molecule has 9 aliphatic heterocycles. The molecule has 9 heterocycles. The van der Waals surface area contributed by atoms with Crippen LogP contribution in [0.15, 0.2) is 0 Å². The van der Waals surface area contributed by atoms with E-state index in [1.165, 1.54) is 0 Å². The van der Waals surface area contributed by atoms with Gasteiger partial charge in [-0.05, 0) is 0 Å². The maximum atomic E-state index is 13.0. The second-order valence-electron chi connectivity index (χ2n) is 28.2. The average Bonchev–Trinajstić information content (AvgIpc) is 0.966. The van der Waals surface area contributed by atoms with Crippen molar-refractivity contribution in [2.45, 2.75) is 304 Å². The Bertz CT molecular complexity index is 2970. The summed E-state index contributed by atoms with van der Waals surface area (Å²) in [5.74, 6) is -3.62. The van der Waals surface area contributed by atoms with E-state index in [9.17, 15) is 147 Å². The van der Waals surface area contributed by atoms with Gasteiger partial charge in [0.25, 0.3) is 0 Å². The molecular weight excluding hydrogens is 1540 g/mol. The Kier molecular flexibility index (Phi) is 33.1. The van der Waals surface area contributed by atoms with Crippen LogP contribution >= 0.6 is 0 Å². The van der Waals surface area contributed by atoms with Crippen molar-refractivity contribution < 1.29 is 227 Å². The minimum atomic E-state index is -2.57. The van der Waals surface area contributed by atoms with Crippen LogP contribution in [-0.2, 0) is 99.7 Å². The van der Waals surface area contributed by atoms with Gasteiger partial charge in [-0.2, -0.15) is 0 Å². The maximum Gasteiger partial charge on any atom is 0.217 e. The summed E-state index contributed by atoms with van der Waals surface area (Å²) in [6.07, 6.45) is -85.1. The zero-order valence-corrected chi connectivity index (χ0v) is 60.1. The number of hydrogen-bond donors (Lipinski definition) is 29. The fourth-order valence-electron chi connectivity index (χ4n) is 14.5. The van der Waals surface area contributed by atoms with Gasteiger partial charge in [-0.15, -0.1) is 0 Å². The first-order valence-electron chi connectivity index (χ1n) is 35.6. The first kappa shape index (κ1) is 92.1. The van der Waals surface area contributed by atoms with E-state index >= 15 is 0 Å². The van der Waals surface area contributed by atoms with E-state index < -0.39 is 359 Å². The molecule has 4 amide bonds. The first-order valence-corrected chi connectivity index (χ1v) is 35.6. The van der Waals surface area contributed by atoms with Crippen molar-refractivity contribution in [2.24, 2.45) is 0 Å². The Morgan fingerprint density at radius 3 is 0.830 bits per heavy atom. The maximum absolute atomic E-state index is 13.0. The van der Waals surface area contributed by atoms with E-state index in [0.29, 0.717) is 0 Å². The SMILES string of the molecule is CC(=O)N[C@@H]1[C@@H](O)[C@H](O[C@@H]2O[C@H](CO)[C@@H](O[C@H]3O[C@H](CO[C@H]4O[C@H](CO)[C@@H](O)[C@H](O)[C@@H]4O[C@@H]4O[C@H](CO)[C@@H](O[C@@H]5O[C@H](CO)[C@H](O)[C@H](O)[C@H]5O)[C@H](O)[C@H]4NC(C)=O)[C@@H](O)[C@H](O[C@H]4O[C@H](CO)[C@@H](O)[C@H](O)[C@@H]4O[C@@H]4O[C@H](CO)[C@@H](O[C@@H]5O[C@H](CO)[C@H](O)[C@H](O)[C@H]5O)[C@H](O)[C@H]4NC(C)=O)[C@@H]3O)[C@H](O)[C@H]2NC(C)=O)[C@@H](CO)O[C@H]1O. The van der Waals surface area contributed by atoms with Crippen LogP contribution in [0.4, 0.5) is 0 Å². The summed E-state index contributed by atoms with van der Waals surface area (Å²) in [4.78, 5) is 50.9. The van der Waals surface area contributed by atoms with Gasteiger partial charge in [0.05, 0.1) is 59.5 Å². The largest absolute Gasteiger partial charge is 0.394 e. The molecule has 29 N–H and O–H groups in total. The number of hydrogen-bond acceptors (Lipinski definition) is 46. The molecule has 0 aromatic heterocycles. The van der Waals surface area contributed by atoms with Gasteiger partial charge >= 0.3 is 0 Å². The van der Waals surface area contributed by atoms with Crippen LogP contribution in [0.1, 0.15) is 27.7 Å². The third-order valence-corrected chi connectivity index (χ3v) is 20.4. The summed E-state index contributed by atoms with van der Waals surface area (Å²) in [7, 11) is 0. The number of carbonyl (C=O) groups is 4. The van der Waals surface area contributed by atoms with E-state index in [4.69, 9.17) is 80.5 Å². The molecule has 0 spiro atoms. The van der Waals surface area contributed by atoms with Gasteiger partial charge in [0.1, 0.15) is 219 Å². The normalized spacial score (nSPS) is 48.9. The Morgan fingerprint density at radius 1 is 0.232 bits per heavy atom. The van der Waals surface area contributed by atoms with Gasteiger partial charge in [0.2, 0.25) is 23.6 Å². The average molecular weight is 1640 g/mol. The van der Waals surface area contributed by atoms with Gasteiger partial charge in [-0.3, -0.25) is 19.2 Å². The number of rotatable bonds is 29. The standard InChI is InChI=1S/C62H104N4O46/c1-14(75)63-27-36(84)47(22(9-71)97-54(27)95)106-55-28(64-15(2)76)37(85)50(25(12-74)102-55)109-60-46(94)51(110-62-53(43(91)34(82)21(8-70)101-62)112-57-30(66-17(4)78)39(87)49(24(11-73)104-57)108-59-45(93)41(89)32(80)19(6-68)99-59)35(83)26(105-60)13-96-61-52(42(90)33(81)20(7-69)100-61)111-56-29(65-16(3)77)38(86)48(23(10-72)103-56)107-58-44(92)40(88)31(79)18(5-67)98-58/h18-62,67-74,79-95H,5-13H2,1-4H3,(H,63,75)(H,64,76)(H,65,77)(H,66,78)/t18-,19-,20-,21-,22-,23-,24-,25-,26-,27-,28-,29-,30-,31+,32+,33-,34-,35-,36-,37-,38-,39-,40+,41+,42+,43+,44-,45-,46+,47-,48-,49-,50-,51+,52+,53+,54-,55+,56+,57+,58+,59+,60-,61+,62-/m1/s1. The number of amides is 4. The van der Waals surface area contributed by atoms with E-state index in [1.807, 2.05) is 0 Å². The lowest BCUT2D eigenvalue weighted by Crippen LogP contribution is -2.71. The smallest absolute Gasteiger partial charge is 0.217 e. The third-order valence-electron chi connectivity index (χ3n) is 20.4. The van der Waals surface area contributed by atoms with Gasteiger partial charge < -0.3 is 229 Å². The highest BCUT2D eigenvalue weighted by atomic mass is 16.8. The fourth-order valence-corrected chi connectivity index (χ4v) is 14.5. The summed E-state index contributed by atoms with van der Waals surface area (Å²) in [6.45, 7) is -6.01. The highest BCUT2D eigenvalue weighted by Crippen LogP contribution is 2.40. The number of ether oxygens (including phenoxy) is 17. The third kappa shape index (κ3) is 20.2. The molecule has 9 fully saturated rings. The second-order valence-corrected chi connectivity index (χ2v) is 28.2. The quantitative estimate of drug-likeness (QED) is 0.0331. The molecule has 0 aromatic carbocycles. The van der Waals surface area contributed by atoms with E-state index in [-0.39, 0.29) is 0 Å². The van der Waals surface area contributed by atoms with Crippen molar-refractivity contribution >= 4 is 23.6 Å². The van der Waals surface area contributed by atoms with Crippen LogP contribution in [0.5, 0.6) is 0 Å². The first-order chi connectivity index (χ1) is 53.0. The van der Waals surface area contributed by atoms with Crippen LogP contribution in [0, 0.1) is 0 Å². The van der Waals surface area contributed by atoms with Crippen molar-refractivity contribution in [1.29, 1.82) is 0 Å². The molecule has 0 aliphatic carbocycles. The van der Waals surface area contributed by atoms with E-state index in [2.05, 4.69) is 21.3 Å². The van der Waals surface area contributed by atoms with Crippen molar-refractivity contribution in [3.63, 3.8) is 0 Å². The summed E-state index contributed by atoms with van der Waals surface area (Å²) in [5.41, 5.74) is 0. The molecule has 50 nitrogen and oxygen atoms in total. The highest BCUT2D eigenvalue weighted by Gasteiger charge is 2.61. The molecule has 9 rings (SSSR count). The van der Waals surface area contributed by atoms with Gasteiger partial charge in [-0.1, -0.05) is 0 Å². The number of aliphatic hydroxyl groups excluding tert-OH is 25. The molecule has 45 atom stereocenters. The van der Waals surface area contributed by atoms with Gasteiger partial charge in [0, 0.05) is 27.7 Å².